The zero-order chi connectivity index (χ0) is 33.1. The van der Waals surface area contributed by atoms with E-state index in [1.165, 1.54) is 19.1 Å². The van der Waals surface area contributed by atoms with Crippen molar-refractivity contribution in [3.63, 3.8) is 0 Å². The van der Waals surface area contributed by atoms with Crippen LogP contribution in [-0.4, -0.2) is 86.8 Å². The summed E-state index contributed by atoms with van der Waals surface area (Å²) in [5, 5.41) is 37.7. The SMILES string of the molecule is CC(O)C(N)C(=O)NC(Cc1ccc(O)cc1)C(=O)NC(Cc1c[nH]c2ccccc12)C(=O)NC(CCCN=C(N)N)C(=O)O. The van der Waals surface area contributed by atoms with Gasteiger partial charge in [0.1, 0.15) is 29.9 Å². The van der Waals surface area contributed by atoms with Gasteiger partial charge in [-0.3, -0.25) is 19.4 Å². The van der Waals surface area contributed by atoms with Crippen molar-refractivity contribution < 1.29 is 34.5 Å². The van der Waals surface area contributed by atoms with Crippen LogP contribution in [0.5, 0.6) is 5.75 Å². The fraction of sp³-hybridized carbons (Fsp3) is 0.367. The molecule has 1 heterocycles. The highest BCUT2D eigenvalue weighted by Crippen LogP contribution is 2.20. The Morgan fingerprint density at radius 3 is 2.11 bits per heavy atom. The topological polar surface area (TPSA) is 271 Å². The first kappa shape index (κ1) is 34.3. The number of aromatic amines is 1. The summed E-state index contributed by atoms with van der Waals surface area (Å²) in [6.45, 7) is 1.49. The number of carboxylic acids is 1. The van der Waals surface area contributed by atoms with Crippen LogP contribution in [0.15, 0.2) is 59.7 Å². The van der Waals surface area contributed by atoms with Gasteiger partial charge in [-0.05, 0) is 49.1 Å². The summed E-state index contributed by atoms with van der Waals surface area (Å²) in [6.07, 6.45) is 0.700. The Balaban J connectivity index is 1.89. The summed E-state index contributed by atoms with van der Waals surface area (Å²) in [5.74, 6) is -3.74. The number of rotatable bonds is 16. The van der Waals surface area contributed by atoms with Crippen LogP contribution in [0.2, 0.25) is 0 Å². The molecule has 45 heavy (non-hydrogen) atoms. The molecule has 0 spiro atoms. The third-order valence-electron chi connectivity index (χ3n) is 7.12. The monoisotopic (exact) mass is 624 g/mol. The minimum atomic E-state index is -1.33. The molecule has 15 nitrogen and oxygen atoms in total. The van der Waals surface area contributed by atoms with E-state index in [1.54, 1.807) is 18.3 Å². The van der Waals surface area contributed by atoms with Gasteiger partial charge in [0.05, 0.1) is 6.10 Å². The number of carbonyl (C=O) groups excluding carboxylic acids is 3. The number of aliphatic hydroxyl groups is 1. The first-order valence-electron chi connectivity index (χ1n) is 14.3. The third kappa shape index (κ3) is 10.2. The van der Waals surface area contributed by atoms with Gasteiger partial charge in [0.15, 0.2) is 5.96 Å². The molecule has 2 aromatic carbocycles. The number of guanidine groups is 1. The molecule has 5 unspecified atom stereocenters. The number of hydrogen-bond donors (Lipinski definition) is 10. The highest BCUT2D eigenvalue weighted by Gasteiger charge is 2.31. The van der Waals surface area contributed by atoms with Crippen LogP contribution in [0.1, 0.15) is 30.9 Å². The number of carbonyl (C=O) groups is 4. The number of amides is 3. The molecule has 0 aliphatic carbocycles. The molecule has 0 aliphatic heterocycles. The molecule has 0 saturated heterocycles. The number of aromatic nitrogens is 1. The molecule has 0 saturated carbocycles. The molecule has 5 atom stereocenters. The Labute approximate surface area is 259 Å². The number of aliphatic imine (C=N–C) groups is 1. The maximum Gasteiger partial charge on any atom is 0.326 e. The van der Waals surface area contributed by atoms with Crippen molar-refractivity contribution in [3.05, 3.63) is 65.9 Å². The first-order valence-corrected chi connectivity index (χ1v) is 14.3. The molecule has 242 valence electrons. The van der Waals surface area contributed by atoms with Crippen LogP contribution < -0.4 is 33.2 Å². The lowest BCUT2D eigenvalue weighted by Gasteiger charge is -2.26. The van der Waals surface area contributed by atoms with Gasteiger partial charge in [-0.25, -0.2) is 4.79 Å². The molecule has 1 aromatic heterocycles. The number of benzene rings is 2. The lowest BCUT2D eigenvalue weighted by atomic mass is 10.0. The van der Waals surface area contributed by atoms with E-state index >= 15 is 0 Å². The van der Waals surface area contributed by atoms with E-state index in [1.807, 2.05) is 24.3 Å². The number of hydrogen-bond acceptors (Lipinski definition) is 8. The van der Waals surface area contributed by atoms with E-state index in [2.05, 4.69) is 25.9 Å². The lowest BCUT2D eigenvalue weighted by Crippen LogP contribution is -2.59. The summed E-state index contributed by atoms with van der Waals surface area (Å²) in [5.41, 5.74) is 18.5. The van der Waals surface area contributed by atoms with Gasteiger partial charge in [0.2, 0.25) is 17.7 Å². The Kier molecular flexibility index (Phi) is 12.3. The summed E-state index contributed by atoms with van der Waals surface area (Å²) >= 11 is 0. The van der Waals surface area contributed by atoms with E-state index in [4.69, 9.17) is 17.2 Å². The molecule has 3 aromatic rings. The third-order valence-corrected chi connectivity index (χ3v) is 7.12. The van der Waals surface area contributed by atoms with Crippen LogP contribution in [-0.2, 0) is 32.0 Å². The fourth-order valence-corrected chi connectivity index (χ4v) is 4.60. The highest BCUT2D eigenvalue weighted by molar-refractivity contribution is 5.95. The van der Waals surface area contributed by atoms with E-state index in [0.717, 1.165) is 10.9 Å². The molecule has 0 fully saturated rings. The molecule has 0 bridgehead atoms. The largest absolute Gasteiger partial charge is 0.508 e. The van der Waals surface area contributed by atoms with E-state index in [-0.39, 0.29) is 43.9 Å². The Bertz CT molecular complexity index is 1500. The van der Waals surface area contributed by atoms with Gasteiger partial charge in [-0.2, -0.15) is 0 Å². The quantitative estimate of drug-likeness (QED) is 0.0525. The van der Waals surface area contributed by atoms with Crippen LogP contribution in [0.3, 0.4) is 0 Å². The van der Waals surface area contributed by atoms with Crippen molar-refractivity contribution in [3.8, 4) is 5.75 Å². The van der Waals surface area contributed by atoms with Gasteiger partial charge in [-0.15, -0.1) is 0 Å². The van der Waals surface area contributed by atoms with E-state index in [9.17, 15) is 34.5 Å². The predicted molar refractivity (Wildman–Crippen MR) is 167 cm³/mol. The maximum atomic E-state index is 13.7. The number of phenols is 1. The summed E-state index contributed by atoms with van der Waals surface area (Å²) < 4.78 is 0. The van der Waals surface area contributed by atoms with E-state index < -0.39 is 54.0 Å². The number of fused-ring (bicyclic) bond motifs is 1. The number of aliphatic hydroxyl groups excluding tert-OH is 1. The number of nitrogens with zero attached hydrogens (tertiary/aromatic N) is 1. The van der Waals surface area contributed by atoms with Crippen LogP contribution in [0, 0.1) is 0 Å². The summed E-state index contributed by atoms with van der Waals surface area (Å²) in [4.78, 5) is 59.0. The number of aliphatic carboxylic acids is 1. The van der Waals surface area contributed by atoms with Gasteiger partial charge >= 0.3 is 5.97 Å². The summed E-state index contributed by atoms with van der Waals surface area (Å²) in [7, 11) is 0. The molecular formula is C30H40N8O7. The summed E-state index contributed by atoms with van der Waals surface area (Å²) in [6, 6.07) is 8.15. The van der Waals surface area contributed by atoms with Crippen LogP contribution >= 0.6 is 0 Å². The Morgan fingerprint density at radius 1 is 0.889 bits per heavy atom. The molecule has 3 amide bonds. The molecule has 13 N–H and O–H groups in total. The average Bonchev–Trinajstić information content (AvgIpc) is 3.40. The number of carboxylic acid groups (broad SMARTS) is 1. The van der Waals surface area contributed by atoms with Crippen molar-refractivity contribution in [2.24, 2.45) is 22.2 Å². The number of para-hydroxylation sites is 1. The molecule has 15 heteroatoms. The number of H-pyrrole nitrogens is 1. The van der Waals surface area contributed by atoms with Crippen LogP contribution in [0.4, 0.5) is 0 Å². The van der Waals surface area contributed by atoms with Crippen LogP contribution in [0.25, 0.3) is 10.9 Å². The zero-order valence-corrected chi connectivity index (χ0v) is 24.8. The molecule has 0 aliphatic rings. The van der Waals surface area contributed by atoms with Crippen molar-refractivity contribution in [1.29, 1.82) is 0 Å². The van der Waals surface area contributed by atoms with Gasteiger partial charge < -0.3 is 53.5 Å². The molecule has 3 rings (SSSR count). The van der Waals surface area contributed by atoms with Gasteiger partial charge in [-0.1, -0.05) is 30.3 Å². The average molecular weight is 625 g/mol. The number of phenolic OH excluding ortho intramolecular Hbond substituents is 1. The Hall–Kier alpha value is -5.15. The second-order valence-corrected chi connectivity index (χ2v) is 10.7. The second-order valence-electron chi connectivity index (χ2n) is 10.7. The smallest absolute Gasteiger partial charge is 0.326 e. The van der Waals surface area contributed by atoms with Gasteiger partial charge in [0, 0.05) is 36.5 Å². The van der Waals surface area contributed by atoms with E-state index in [0.29, 0.717) is 11.1 Å². The first-order chi connectivity index (χ1) is 21.3. The van der Waals surface area contributed by atoms with Crippen molar-refractivity contribution >= 4 is 40.6 Å². The van der Waals surface area contributed by atoms with Crippen molar-refractivity contribution in [1.82, 2.24) is 20.9 Å². The number of nitrogens with one attached hydrogen (secondary N) is 4. The fourth-order valence-electron chi connectivity index (χ4n) is 4.60. The predicted octanol–water partition coefficient (Wildman–Crippen LogP) is -1.04. The van der Waals surface area contributed by atoms with Crippen molar-refractivity contribution in [2.75, 3.05) is 6.54 Å². The number of aromatic hydroxyl groups is 1. The molecule has 0 radical (unpaired) electrons. The standard InChI is InChI=1S/C30H40N8O7/c1-16(39)25(31)28(43)38-23(13-17-8-10-19(40)11-9-17)26(41)37-24(14-18-15-35-21-6-3-2-5-20(18)21)27(42)36-22(29(44)45)7-4-12-34-30(32)33/h2-3,5-6,8-11,15-16,22-25,35,39-40H,4,7,12-14,31H2,1H3,(H,36,42)(H,37,41)(H,38,43)(H,44,45)(H4,32,33,34). The lowest BCUT2D eigenvalue weighted by molar-refractivity contribution is -0.142. The maximum absolute atomic E-state index is 13.7. The minimum absolute atomic E-state index is 0.00154. The Morgan fingerprint density at radius 2 is 1.49 bits per heavy atom. The number of nitrogens with two attached hydrogens (primary N) is 3. The molecular weight excluding hydrogens is 584 g/mol. The van der Waals surface area contributed by atoms with Crippen molar-refractivity contribution in [2.45, 2.75) is 62.9 Å². The normalized spacial score (nSPS) is 14.4. The zero-order valence-electron chi connectivity index (χ0n) is 24.8. The van der Waals surface area contributed by atoms with Gasteiger partial charge in [0.25, 0.3) is 0 Å². The highest BCUT2D eigenvalue weighted by atomic mass is 16.4. The second kappa shape index (κ2) is 16.1. The minimum Gasteiger partial charge on any atom is -0.508 e.